The van der Waals surface area contributed by atoms with Crippen LogP contribution in [0.4, 0.5) is 13.2 Å². The van der Waals surface area contributed by atoms with Gasteiger partial charge in [-0.3, -0.25) is 4.79 Å². The molecule has 0 saturated heterocycles. The second-order valence-corrected chi connectivity index (χ2v) is 5.59. The molecule has 2 N–H and O–H groups in total. The zero-order valence-electron chi connectivity index (χ0n) is 12.7. The lowest BCUT2D eigenvalue weighted by Gasteiger charge is -2.20. The molecule has 0 heterocycles. The fraction of sp³-hybridized carbons (Fsp3) is 0.500. The standard InChI is InChI=1S/C16H18F3N3O/c1-2-21-15(23)14(22-9-10-3-4-10)11-5-6-12(8-20)13(7-11)16(17,18)19/h5-7,10,14,22H,2-4,9H2,1H3,(H,21,23). The van der Waals surface area contributed by atoms with Gasteiger partial charge in [-0.2, -0.15) is 18.4 Å². The molecule has 1 aliphatic carbocycles. The molecule has 1 saturated carbocycles. The van der Waals surface area contributed by atoms with Gasteiger partial charge >= 0.3 is 6.18 Å². The molecule has 124 valence electrons. The summed E-state index contributed by atoms with van der Waals surface area (Å²) in [6.07, 6.45) is -2.50. The molecule has 1 atom stereocenters. The Kier molecular flexibility index (Phi) is 5.26. The van der Waals surface area contributed by atoms with Crippen molar-refractivity contribution in [2.75, 3.05) is 13.1 Å². The number of nitrogens with zero attached hydrogens (tertiary/aromatic N) is 1. The van der Waals surface area contributed by atoms with Crippen LogP contribution in [0.5, 0.6) is 0 Å². The predicted octanol–water partition coefficient (Wildman–Crippen LogP) is 2.75. The second kappa shape index (κ2) is 7.01. The van der Waals surface area contributed by atoms with E-state index in [1.165, 1.54) is 6.07 Å². The first kappa shape index (κ1) is 17.3. The molecule has 1 aliphatic rings. The number of hydrogen-bond acceptors (Lipinski definition) is 3. The zero-order valence-corrected chi connectivity index (χ0v) is 12.7. The Labute approximate surface area is 132 Å². The first-order valence-corrected chi connectivity index (χ1v) is 7.49. The van der Waals surface area contributed by atoms with Gasteiger partial charge in [0.2, 0.25) is 5.91 Å². The van der Waals surface area contributed by atoms with E-state index in [-0.39, 0.29) is 11.5 Å². The number of benzene rings is 1. The van der Waals surface area contributed by atoms with E-state index < -0.39 is 23.3 Å². The summed E-state index contributed by atoms with van der Waals surface area (Å²) in [4.78, 5) is 12.2. The first-order chi connectivity index (χ1) is 10.9. The van der Waals surface area contributed by atoms with Crippen molar-refractivity contribution in [3.8, 4) is 6.07 Å². The predicted molar refractivity (Wildman–Crippen MR) is 78.3 cm³/mol. The molecule has 1 unspecified atom stereocenters. The van der Waals surface area contributed by atoms with Gasteiger partial charge in [0.05, 0.1) is 17.2 Å². The molecule has 1 aromatic carbocycles. The minimum Gasteiger partial charge on any atom is -0.355 e. The van der Waals surface area contributed by atoms with Crippen molar-refractivity contribution in [3.63, 3.8) is 0 Å². The number of carbonyl (C=O) groups excluding carboxylic acids is 1. The summed E-state index contributed by atoms with van der Waals surface area (Å²) in [5.41, 5.74) is -1.25. The van der Waals surface area contributed by atoms with Gasteiger partial charge in [-0.25, -0.2) is 0 Å². The topological polar surface area (TPSA) is 64.9 Å². The minimum atomic E-state index is -4.64. The van der Waals surface area contributed by atoms with Crippen molar-refractivity contribution in [2.24, 2.45) is 5.92 Å². The third-order valence-corrected chi connectivity index (χ3v) is 3.72. The second-order valence-electron chi connectivity index (χ2n) is 5.59. The molecular formula is C16H18F3N3O. The summed E-state index contributed by atoms with van der Waals surface area (Å²) in [6, 6.07) is 4.08. The van der Waals surface area contributed by atoms with E-state index in [2.05, 4.69) is 10.6 Å². The number of nitrogens with one attached hydrogen (secondary N) is 2. The molecule has 0 aromatic heterocycles. The van der Waals surface area contributed by atoms with E-state index in [0.717, 1.165) is 25.0 Å². The average molecular weight is 325 g/mol. The Bertz CT molecular complexity index is 618. The van der Waals surface area contributed by atoms with Crippen LogP contribution < -0.4 is 10.6 Å². The van der Waals surface area contributed by atoms with Gasteiger partial charge in [-0.1, -0.05) is 6.07 Å². The fourth-order valence-electron chi connectivity index (χ4n) is 2.32. The minimum absolute atomic E-state index is 0.211. The summed E-state index contributed by atoms with van der Waals surface area (Å²) in [7, 11) is 0. The highest BCUT2D eigenvalue weighted by molar-refractivity contribution is 5.83. The SMILES string of the molecule is CCNC(=O)C(NCC1CC1)c1ccc(C#N)c(C(F)(F)F)c1. The number of carbonyl (C=O) groups is 1. The van der Waals surface area contributed by atoms with Crippen LogP contribution in [0.25, 0.3) is 0 Å². The summed E-state index contributed by atoms with van der Waals surface area (Å²) in [5, 5.41) is 14.5. The van der Waals surface area contributed by atoms with Gasteiger partial charge in [-0.15, -0.1) is 0 Å². The lowest BCUT2D eigenvalue weighted by molar-refractivity contribution is -0.138. The normalized spacial score (nSPS) is 15.8. The van der Waals surface area contributed by atoms with Gasteiger partial charge in [0.15, 0.2) is 0 Å². The Morgan fingerprint density at radius 1 is 1.43 bits per heavy atom. The van der Waals surface area contributed by atoms with Gasteiger partial charge in [-0.05, 0) is 49.9 Å². The molecule has 0 aliphatic heterocycles. The van der Waals surface area contributed by atoms with Crippen molar-refractivity contribution in [1.82, 2.24) is 10.6 Å². The van der Waals surface area contributed by atoms with Crippen molar-refractivity contribution < 1.29 is 18.0 Å². The Morgan fingerprint density at radius 2 is 2.13 bits per heavy atom. The molecule has 23 heavy (non-hydrogen) atoms. The summed E-state index contributed by atoms with van der Waals surface area (Å²) in [5.74, 6) is 0.110. The molecule has 0 bridgehead atoms. The smallest absolute Gasteiger partial charge is 0.355 e. The molecule has 1 aromatic rings. The molecular weight excluding hydrogens is 307 g/mol. The highest BCUT2D eigenvalue weighted by Crippen LogP contribution is 2.34. The van der Waals surface area contributed by atoms with Crippen LogP contribution in [0.3, 0.4) is 0 Å². The Hall–Kier alpha value is -2.07. The number of nitriles is 1. The number of amides is 1. The van der Waals surface area contributed by atoms with Crippen LogP contribution in [-0.2, 0) is 11.0 Å². The van der Waals surface area contributed by atoms with Gasteiger partial charge in [0, 0.05) is 6.54 Å². The molecule has 2 rings (SSSR count). The zero-order chi connectivity index (χ0) is 17.0. The van der Waals surface area contributed by atoms with E-state index >= 15 is 0 Å². The first-order valence-electron chi connectivity index (χ1n) is 7.49. The lowest BCUT2D eigenvalue weighted by atomic mass is 9.99. The lowest BCUT2D eigenvalue weighted by Crippen LogP contribution is -2.38. The molecule has 1 amide bonds. The van der Waals surface area contributed by atoms with Gasteiger partial charge < -0.3 is 10.6 Å². The maximum atomic E-state index is 13.1. The Balaban J connectivity index is 2.32. The number of likely N-dealkylation sites (N-methyl/N-ethyl adjacent to an activating group) is 1. The fourth-order valence-corrected chi connectivity index (χ4v) is 2.32. The largest absolute Gasteiger partial charge is 0.417 e. The molecule has 4 nitrogen and oxygen atoms in total. The third-order valence-electron chi connectivity index (χ3n) is 3.72. The van der Waals surface area contributed by atoms with E-state index in [4.69, 9.17) is 5.26 Å². The van der Waals surface area contributed by atoms with Crippen molar-refractivity contribution in [1.29, 1.82) is 5.26 Å². The monoisotopic (exact) mass is 325 g/mol. The van der Waals surface area contributed by atoms with Crippen LogP contribution in [-0.4, -0.2) is 19.0 Å². The molecule has 1 fully saturated rings. The highest BCUT2D eigenvalue weighted by atomic mass is 19.4. The summed E-state index contributed by atoms with van der Waals surface area (Å²) in [6.45, 7) is 2.72. The Morgan fingerprint density at radius 3 is 2.65 bits per heavy atom. The van der Waals surface area contributed by atoms with Gasteiger partial charge in [0.1, 0.15) is 6.04 Å². The van der Waals surface area contributed by atoms with Crippen LogP contribution in [0.1, 0.15) is 42.5 Å². The maximum Gasteiger partial charge on any atom is 0.417 e. The highest BCUT2D eigenvalue weighted by Gasteiger charge is 2.35. The molecule has 0 spiro atoms. The van der Waals surface area contributed by atoms with Crippen molar-refractivity contribution in [3.05, 3.63) is 34.9 Å². The summed E-state index contributed by atoms with van der Waals surface area (Å²) < 4.78 is 39.2. The van der Waals surface area contributed by atoms with Gasteiger partial charge in [0.25, 0.3) is 0 Å². The van der Waals surface area contributed by atoms with Crippen LogP contribution >= 0.6 is 0 Å². The van der Waals surface area contributed by atoms with E-state index in [1.807, 2.05) is 0 Å². The van der Waals surface area contributed by atoms with Crippen LogP contribution in [0.2, 0.25) is 0 Å². The molecule has 0 radical (unpaired) electrons. The third kappa shape index (κ3) is 4.45. The van der Waals surface area contributed by atoms with E-state index in [0.29, 0.717) is 19.0 Å². The quantitative estimate of drug-likeness (QED) is 0.845. The van der Waals surface area contributed by atoms with E-state index in [1.54, 1.807) is 13.0 Å². The number of halogens is 3. The van der Waals surface area contributed by atoms with E-state index in [9.17, 15) is 18.0 Å². The maximum absolute atomic E-state index is 13.1. The van der Waals surface area contributed by atoms with Crippen molar-refractivity contribution in [2.45, 2.75) is 32.0 Å². The number of hydrogen-bond donors (Lipinski definition) is 2. The van der Waals surface area contributed by atoms with Crippen molar-refractivity contribution >= 4 is 5.91 Å². The van der Waals surface area contributed by atoms with Crippen LogP contribution in [0.15, 0.2) is 18.2 Å². The number of alkyl halides is 3. The molecule has 7 heteroatoms. The number of rotatable bonds is 6. The average Bonchev–Trinajstić information content (AvgIpc) is 3.31. The van der Waals surface area contributed by atoms with Crippen LogP contribution in [0, 0.1) is 17.2 Å². The summed E-state index contributed by atoms with van der Waals surface area (Å²) >= 11 is 0.